The zero-order valence-electron chi connectivity index (χ0n) is 10.7. The van der Waals surface area contributed by atoms with E-state index < -0.39 is 0 Å². The lowest BCUT2D eigenvalue weighted by molar-refractivity contribution is -0.117. The summed E-state index contributed by atoms with van der Waals surface area (Å²) in [7, 11) is 3.99. The van der Waals surface area contributed by atoms with Gasteiger partial charge in [0, 0.05) is 19.6 Å². The summed E-state index contributed by atoms with van der Waals surface area (Å²) < 4.78 is 0. The second-order valence-electron chi connectivity index (χ2n) is 4.70. The van der Waals surface area contributed by atoms with E-state index in [9.17, 15) is 4.79 Å². The van der Waals surface area contributed by atoms with E-state index in [4.69, 9.17) is 11.6 Å². The van der Waals surface area contributed by atoms with E-state index in [0.29, 0.717) is 24.7 Å². The molecule has 18 heavy (non-hydrogen) atoms. The van der Waals surface area contributed by atoms with Gasteiger partial charge in [-0.25, -0.2) is 0 Å². The number of rotatable bonds is 3. The van der Waals surface area contributed by atoms with Crippen LogP contribution < -0.4 is 10.2 Å². The molecule has 0 atom stereocenters. The van der Waals surface area contributed by atoms with Gasteiger partial charge in [0.1, 0.15) is 0 Å². The molecule has 0 saturated heterocycles. The van der Waals surface area contributed by atoms with Crippen molar-refractivity contribution in [2.75, 3.05) is 38.6 Å². The molecule has 0 fully saturated rings. The zero-order valence-corrected chi connectivity index (χ0v) is 11.5. The fourth-order valence-corrected chi connectivity index (χ4v) is 2.36. The molecule has 0 bridgehead atoms. The summed E-state index contributed by atoms with van der Waals surface area (Å²) in [6, 6.07) is 5.76. The first-order valence-corrected chi connectivity index (χ1v) is 6.40. The average molecular weight is 268 g/mol. The van der Waals surface area contributed by atoms with Crippen molar-refractivity contribution < 1.29 is 4.79 Å². The fraction of sp³-hybridized carbons (Fsp3) is 0.462. The van der Waals surface area contributed by atoms with Crippen molar-refractivity contribution in [3.8, 4) is 0 Å². The molecule has 1 aromatic carbocycles. The van der Waals surface area contributed by atoms with E-state index in [1.807, 2.05) is 32.3 Å². The van der Waals surface area contributed by atoms with Crippen molar-refractivity contribution in [1.29, 1.82) is 0 Å². The highest BCUT2D eigenvalue weighted by atomic mass is 35.5. The molecular formula is C13H18ClN3O. The quantitative estimate of drug-likeness (QED) is 0.898. The molecule has 98 valence electrons. The lowest BCUT2D eigenvalue weighted by Crippen LogP contribution is -2.39. The van der Waals surface area contributed by atoms with Crippen molar-refractivity contribution in [2.45, 2.75) is 6.54 Å². The third-order valence-electron chi connectivity index (χ3n) is 3.00. The number of hydrogen-bond acceptors (Lipinski definition) is 3. The van der Waals surface area contributed by atoms with Gasteiger partial charge < -0.3 is 15.1 Å². The number of fused-ring (bicyclic) bond motifs is 1. The van der Waals surface area contributed by atoms with Gasteiger partial charge in [0.05, 0.1) is 17.3 Å². The summed E-state index contributed by atoms with van der Waals surface area (Å²) >= 11 is 6.25. The Morgan fingerprint density at radius 2 is 2.17 bits per heavy atom. The van der Waals surface area contributed by atoms with Gasteiger partial charge in [0.25, 0.3) is 0 Å². The minimum Gasteiger partial charge on any atom is -0.308 e. The smallest absolute Gasteiger partial charge is 0.241 e. The number of carbonyl (C=O) groups is 1. The monoisotopic (exact) mass is 267 g/mol. The number of para-hydroxylation sites is 1. The lowest BCUT2D eigenvalue weighted by atomic mass is 10.1. The molecule has 1 heterocycles. The highest BCUT2D eigenvalue weighted by Crippen LogP contribution is 2.31. The highest BCUT2D eigenvalue weighted by Gasteiger charge is 2.23. The Morgan fingerprint density at radius 3 is 2.89 bits per heavy atom. The Labute approximate surface area is 113 Å². The maximum absolute atomic E-state index is 12.1. The molecule has 0 saturated carbocycles. The molecule has 4 nitrogen and oxygen atoms in total. The summed E-state index contributed by atoms with van der Waals surface area (Å²) in [4.78, 5) is 16.0. The number of halogens is 1. The van der Waals surface area contributed by atoms with Gasteiger partial charge in [0.15, 0.2) is 0 Å². The van der Waals surface area contributed by atoms with Crippen LogP contribution in [0.4, 0.5) is 5.69 Å². The predicted octanol–water partition coefficient (Wildman–Crippen LogP) is 1.34. The fourth-order valence-electron chi connectivity index (χ4n) is 2.07. The molecule has 0 aliphatic carbocycles. The summed E-state index contributed by atoms with van der Waals surface area (Å²) in [6.45, 7) is 2.51. The lowest BCUT2D eigenvalue weighted by Gasteiger charge is -2.25. The number of nitrogens with one attached hydrogen (secondary N) is 1. The number of benzene rings is 1. The van der Waals surface area contributed by atoms with Gasteiger partial charge in [-0.1, -0.05) is 23.7 Å². The summed E-state index contributed by atoms with van der Waals surface area (Å²) in [5.74, 6) is 0.0729. The first-order valence-electron chi connectivity index (χ1n) is 6.03. The van der Waals surface area contributed by atoms with Crippen LogP contribution in [0.2, 0.25) is 5.02 Å². The number of amides is 1. The third-order valence-corrected chi connectivity index (χ3v) is 3.31. The molecule has 2 rings (SSSR count). The summed E-state index contributed by atoms with van der Waals surface area (Å²) in [6.07, 6.45) is 0. The van der Waals surface area contributed by atoms with Gasteiger partial charge >= 0.3 is 0 Å². The van der Waals surface area contributed by atoms with Crippen LogP contribution in [0.25, 0.3) is 0 Å². The van der Waals surface area contributed by atoms with E-state index in [2.05, 4.69) is 10.2 Å². The molecule has 1 aromatic rings. The second kappa shape index (κ2) is 5.69. The topological polar surface area (TPSA) is 35.6 Å². The minimum absolute atomic E-state index is 0.0729. The van der Waals surface area contributed by atoms with Crippen LogP contribution in [0, 0.1) is 0 Å². The SMILES string of the molecule is CN(C)CCN1C(=O)CNCc2cccc(Cl)c21. The average Bonchev–Trinajstić information content (AvgIpc) is 2.46. The van der Waals surface area contributed by atoms with E-state index in [0.717, 1.165) is 17.8 Å². The minimum atomic E-state index is 0.0729. The second-order valence-corrected chi connectivity index (χ2v) is 5.11. The van der Waals surface area contributed by atoms with Crippen molar-refractivity contribution >= 4 is 23.2 Å². The van der Waals surface area contributed by atoms with Crippen molar-refractivity contribution in [3.05, 3.63) is 28.8 Å². The standard InChI is InChI=1S/C13H18ClN3O/c1-16(2)6-7-17-12(18)9-15-8-10-4-3-5-11(14)13(10)17/h3-5,15H,6-9H2,1-2H3. The van der Waals surface area contributed by atoms with Crippen molar-refractivity contribution in [1.82, 2.24) is 10.2 Å². The van der Waals surface area contributed by atoms with Crippen LogP contribution in [0.5, 0.6) is 0 Å². The Hall–Kier alpha value is -1.10. The molecule has 0 radical (unpaired) electrons. The van der Waals surface area contributed by atoms with E-state index in [1.54, 1.807) is 4.90 Å². The number of likely N-dealkylation sites (N-methyl/N-ethyl adjacent to an activating group) is 1. The highest BCUT2D eigenvalue weighted by molar-refractivity contribution is 6.34. The summed E-state index contributed by atoms with van der Waals surface area (Å²) in [5, 5.41) is 3.78. The van der Waals surface area contributed by atoms with Crippen molar-refractivity contribution in [2.24, 2.45) is 0 Å². The van der Waals surface area contributed by atoms with Crippen LogP contribution in [0.3, 0.4) is 0 Å². The van der Waals surface area contributed by atoms with Crippen LogP contribution in [0.1, 0.15) is 5.56 Å². The van der Waals surface area contributed by atoms with Gasteiger partial charge in [-0.2, -0.15) is 0 Å². The largest absolute Gasteiger partial charge is 0.308 e. The molecule has 1 amide bonds. The number of hydrogen-bond donors (Lipinski definition) is 1. The predicted molar refractivity (Wildman–Crippen MR) is 74.1 cm³/mol. The van der Waals surface area contributed by atoms with Crippen LogP contribution in [0.15, 0.2) is 18.2 Å². The first kappa shape index (κ1) is 13.3. The van der Waals surface area contributed by atoms with E-state index in [1.165, 1.54) is 0 Å². The zero-order chi connectivity index (χ0) is 13.1. The maximum atomic E-state index is 12.1. The third kappa shape index (κ3) is 2.83. The molecule has 1 aliphatic rings. The number of anilines is 1. The molecule has 1 N–H and O–H groups in total. The van der Waals surface area contributed by atoms with E-state index in [-0.39, 0.29) is 5.91 Å². The number of carbonyl (C=O) groups excluding carboxylic acids is 1. The van der Waals surface area contributed by atoms with Crippen molar-refractivity contribution in [3.63, 3.8) is 0 Å². The van der Waals surface area contributed by atoms with Gasteiger partial charge in [-0.05, 0) is 25.7 Å². The number of nitrogens with zero attached hydrogens (tertiary/aromatic N) is 2. The Bertz CT molecular complexity index is 448. The summed E-state index contributed by atoms with van der Waals surface area (Å²) in [5.41, 5.74) is 1.93. The molecule has 0 aromatic heterocycles. The van der Waals surface area contributed by atoms with Crippen LogP contribution in [-0.4, -0.2) is 44.5 Å². The molecule has 0 spiro atoms. The van der Waals surface area contributed by atoms with Gasteiger partial charge in [-0.3, -0.25) is 4.79 Å². The van der Waals surface area contributed by atoms with Crippen LogP contribution in [-0.2, 0) is 11.3 Å². The van der Waals surface area contributed by atoms with Gasteiger partial charge in [-0.15, -0.1) is 0 Å². The molecule has 5 heteroatoms. The van der Waals surface area contributed by atoms with Crippen LogP contribution >= 0.6 is 11.6 Å². The normalized spacial score (nSPS) is 15.8. The Morgan fingerprint density at radius 1 is 1.39 bits per heavy atom. The Kier molecular flexibility index (Phi) is 4.22. The maximum Gasteiger partial charge on any atom is 0.241 e. The molecule has 0 unspecified atom stereocenters. The Balaban J connectivity index is 2.34. The van der Waals surface area contributed by atoms with Gasteiger partial charge in [0.2, 0.25) is 5.91 Å². The molecular weight excluding hydrogens is 250 g/mol. The first-order chi connectivity index (χ1) is 8.59. The molecule has 1 aliphatic heterocycles. The van der Waals surface area contributed by atoms with E-state index >= 15 is 0 Å².